The summed E-state index contributed by atoms with van der Waals surface area (Å²) >= 11 is 0. The van der Waals surface area contributed by atoms with Crippen LogP contribution in [0.25, 0.3) is 6.08 Å². The fourth-order valence-electron chi connectivity index (χ4n) is 2.40. The summed E-state index contributed by atoms with van der Waals surface area (Å²) < 4.78 is 5.32. The molecule has 0 aliphatic rings. The molecule has 2 N–H and O–H groups in total. The Hall–Kier alpha value is -3.26. The number of hydrogen-bond acceptors (Lipinski definition) is 4. The number of phenols is 1. The maximum Gasteiger partial charge on any atom is 0.266 e. The van der Waals surface area contributed by atoms with Gasteiger partial charge in [-0.3, -0.25) is 4.79 Å². The SMILES string of the molecule is CCOc1cc(/C=C(\C#N)C(=O)Nc2c(C)cccc2C)ccc1O. The number of nitrogens with zero attached hydrogens (tertiary/aromatic N) is 1. The van der Waals surface area contributed by atoms with Crippen molar-refractivity contribution in [2.24, 2.45) is 0 Å². The van der Waals surface area contributed by atoms with Crippen LogP contribution in [0.3, 0.4) is 0 Å². The number of aryl methyl sites for hydroxylation is 2. The van der Waals surface area contributed by atoms with E-state index in [0.717, 1.165) is 11.1 Å². The average Bonchev–Trinajstić information content (AvgIpc) is 2.59. The van der Waals surface area contributed by atoms with Crippen LogP contribution in [0.5, 0.6) is 11.5 Å². The van der Waals surface area contributed by atoms with Crippen LogP contribution >= 0.6 is 0 Å². The summed E-state index contributed by atoms with van der Waals surface area (Å²) in [5.74, 6) is -0.160. The molecule has 2 aromatic rings. The van der Waals surface area contributed by atoms with Crippen molar-refractivity contribution in [1.29, 1.82) is 5.26 Å². The maximum atomic E-state index is 12.4. The van der Waals surface area contributed by atoms with Crippen molar-refractivity contribution < 1.29 is 14.6 Å². The first-order valence-corrected chi connectivity index (χ1v) is 7.91. The lowest BCUT2D eigenvalue weighted by atomic mass is 10.1. The first kappa shape index (κ1) is 18.1. The molecule has 0 atom stereocenters. The molecular formula is C20H20N2O3. The highest BCUT2D eigenvalue weighted by molar-refractivity contribution is 6.10. The molecule has 2 aromatic carbocycles. The number of carbonyl (C=O) groups excluding carboxylic acids is 1. The van der Waals surface area contributed by atoms with E-state index in [4.69, 9.17) is 4.74 Å². The molecule has 0 bridgehead atoms. The lowest BCUT2D eigenvalue weighted by Gasteiger charge is -2.11. The highest BCUT2D eigenvalue weighted by atomic mass is 16.5. The van der Waals surface area contributed by atoms with Gasteiger partial charge in [-0.25, -0.2) is 0 Å². The monoisotopic (exact) mass is 336 g/mol. The molecule has 0 unspecified atom stereocenters. The molecule has 1 amide bonds. The van der Waals surface area contributed by atoms with Crippen molar-refractivity contribution in [2.45, 2.75) is 20.8 Å². The molecule has 0 heterocycles. The summed E-state index contributed by atoms with van der Waals surface area (Å²) in [7, 11) is 0. The second-order valence-corrected chi connectivity index (χ2v) is 5.55. The van der Waals surface area contributed by atoms with Crippen molar-refractivity contribution in [3.8, 4) is 17.6 Å². The van der Waals surface area contributed by atoms with Crippen molar-refractivity contribution >= 4 is 17.7 Å². The fraction of sp³-hybridized carbons (Fsp3) is 0.200. The van der Waals surface area contributed by atoms with Crippen LogP contribution in [0.2, 0.25) is 0 Å². The zero-order valence-corrected chi connectivity index (χ0v) is 14.5. The van der Waals surface area contributed by atoms with E-state index in [-0.39, 0.29) is 11.3 Å². The molecule has 0 saturated carbocycles. The maximum absolute atomic E-state index is 12.4. The number of aromatic hydroxyl groups is 1. The third-order valence-electron chi connectivity index (χ3n) is 3.68. The number of nitrogens with one attached hydrogen (secondary N) is 1. The number of amides is 1. The summed E-state index contributed by atoms with van der Waals surface area (Å²) in [6.07, 6.45) is 1.46. The summed E-state index contributed by atoms with van der Waals surface area (Å²) in [6.45, 7) is 6.00. The Balaban J connectivity index is 2.30. The zero-order valence-electron chi connectivity index (χ0n) is 14.5. The molecule has 0 aromatic heterocycles. The molecule has 5 nitrogen and oxygen atoms in total. The number of rotatable bonds is 5. The second kappa shape index (κ2) is 8.02. The van der Waals surface area contributed by atoms with Gasteiger partial charge in [0.2, 0.25) is 0 Å². The van der Waals surface area contributed by atoms with E-state index < -0.39 is 5.91 Å². The number of carbonyl (C=O) groups is 1. The third-order valence-corrected chi connectivity index (χ3v) is 3.68. The van der Waals surface area contributed by atoms with Crippen molar-refractivity contribution in [2.75, 3.05) is 11.9 Å². The van der Waals surface area contributed by atoms with Gasteiger partial charge in [-0.15, -0.1) is 0 Å². The highest BCUT2D eigenvalue weighted by Gasteiger charge is 2.13. The van der Waals surface area contributed by atoms with E-state index >= 15 is 0 Å². The Kier molecular flexibility index (Phi) is 5.80. The zero-order chi connectivity index (χ0) is 18.4. The number of para-hydroxylation sites is 1. The minimum absolute atomic E-state index is 0.0116. The molecule has 0 aliphatic heterocycles. The number of hydrogen-bond donors (Lipinski definition) is 2. The molecule has 5 heteroatoms. The lowest BCUT2D eigenvalue weighted by molar-refractivity contribution is -0.112. The normalized spacial score (nSPS) is 10.9. The third kappa shape index (κ3) is 4.39. The summed E-state index contributed by atoms with van der Waals surface area (Å²) in [5.41, 5.74) is 3.11. The quantitative estimate of drug-likeness (QED) is 0.640. The van der Waals surface area contributed by atoms with Crippen LogP contribution in [0.15, 0.2) is 42.0 Å². The standard InChI is InChI=1S/C20H20N2O3/c1-4-25-18-11-15(8-9-17(18)23)10-16(12-21)20(24)22-19-13(2)6-5-7-14(19)3/h5-11,23H,4H2,1-3H3,(H,22,24)/b16-10+. The smallest absolute Gasteiger partial charge is 0.266 e. The first-order chi connectivity index (χ1) is 12.0. The van der Waals surface area contributed by atoms with Crippen LogP contribution in [0.1, 0.15) is 23.6 Å². The summed E-state index contributed by atoms with van der Waals surface area (Å²) in [6, 6.07) is 12.3. The van der Waals surface area contributed by atoms with E-state index in [1.54, 1.807) is 19.1 Å². The van der Waals surface area contributed by atoms with Crippen LogP contribution < -0.4 is 10.1 Å². The number of benzene rings is 2. The van der Waals surface area contributed by atoms with Gasteiger partial charge in [-0.2, -0.15) is 5.26 Å². The van der Waals surface area contributed by atoms with Crippen LogP contribution in [0.4, 0.5) is 5.69 Å². The van der Waals surface area contributed by atoms with Gasteiger partial charge in [0.15, 0.2) is 11.5 Å². The highest BCUT2D eigenvalue weighted by Crippen LogP contribution is 2.28. The van der Waals surface area contributed by atoms with E-state index in [2.05, 4.69) is 5.32 Å². The minimum atomic E-state index is -0.481. The van der Waals surface area contributed by atoms with Crippen molar-refractivity contribution in [1.82, 2.24) is 0 Å². The molecule has 0 aliphatic carbocycles. The Bertz CT molecular complexity index is 843. The van der Waals surface area contributed by atoms with Gasteiger partial charge < -0.3 is 15.2 Å². The molecule has 0 spiro atoms. The predicted molar refractivity (Wildman–Crippen MR) is 97.4 cm³/mol. The minimum Gasteiger partial charge on any atom is -0.504 e. The number of anilines is 1. The van der Waals surface area contributed by atoms with Crippen molar-refractivity contribution in [3.63, 3.8) is 0 Å². The van der Waals surface area contributed by atoms with E-state index in [9.17, 15) is 15.2 Å². The first-order valence-electron chi connectivity index (χ1n) is 7.91. The summed E-state index contributed by atoms with van der Waals surface area (Å²) in [5, 5.41) is 21.9. The van der Waals surface area contributed by atoms with Gasteiger partial charge in [0.05, 0.1) is 6.61 Å². The van der Waals surface area contributed by atoms with E-state index in [0.29, 0.717) is 23.6 Å². The molecule has 0 fully saturated rings. The molecule has 25 heavy (non-hydrogen) atoms. The molecule has 2 rings (SSSR count). The lowest BCUT2D eigenvalue weighted by Crippen LogP contribution is -2.15. The fourth-order valence-corrected chi connectivity index (χ4v) is 2.40. The Morgan fingerprint density at radius 2 is 1.96 bits per heavy atom. The number of ether oxygens (including phenoxy) is 1. The van der Waals surface area contributed by atoms with Gasteiger partial charge >= 0.3 is 0 Å². The molecule has 0 radical (unpaired) electrons. The van der Waals surface area contributed by atoms with E-state index in [1.165, 1.54) is 12.1 Å². The van der Waals surface area contributed by atoms with E-state index in [1.807, 2.05) is 38.1 Å². The van der Waals surface area contributed by atoms with Gasteiger partial charge in [0, 0.05) is 5.69 Å². The molecule has 0 saturated heterocycles. The van der Waals surface area contributed by atoms with Gasteiger partial charge in [0.1, 0.15) is 11.6 Å². The van der Waals surface area contributed by atoms with Gasteiger partial charge in [-0.05, 0) is 55.7 Å². The van der Waals surface area contributed by atoms with Crippen LogP contribution in [-0.4, -0.2) is 17.6 Å². The Labute approximate surface area is 147 Å². The van der Waals surface area contributed by atoms with Crippen LogP contribution in [-0.2, 0) is 4.79 Å². The number of nitriles is 1. The second-order valence-electron chi connectivity index (χ2n) is 5.55. The van der Waals surface area contributed by atoms with Crippen LogP contribution in [0, 0.1) is 25.2 Å². The van der Waals surface area contributed by atoms with Crippen molar-refractivity contribution in [3.05, 3.63) is 58.7 Å². The van der Waals surface area contributed by atoms with Gasteiger partial charge in [0.25, 0.3) is 5.91 Å². The molecular weight excluding hydrogens is 316 g/mol. The number of phenolic OH excluding ortho intramolecular Hbond substituents is 1. The Morgan fingerprint density at radius 1 is 1.28 bits per heavy atom. The Morgan fingerprint density at radius 3 is 2.56 bits per heavy atom. The predicted octanol–water partition coefficient (Wildman–Crippen LogP) is 3.95. The topological polar surface area (TPSA) is 82.3 Å². The summed E-state index contributed by atoms with van der Waals surface area (Å²) in [4.78, 5) is 12.4. The largest absolute Gasteiger partial charge is 0.504 e. The van der Waals surface area contributed by atoms with Gasteiger partial charge in [-0.1, -0.05) is 24.3 Å². The average molecular weight is 336 g/mol. The molecule has 128 valence electrons.